The second-order valence-electron chi connectivity index (χ2n) is 2.81. The highest BCUT2D eigenvalue weighted by atomic mass is 16.5. The zero-order valence-electron chi connectivity index (χ0n) is 7.07. The minimum absolute atomic E-state index is 0.117. The van der Waals surface area contributed by atoms with Gasteiger partial charge in [-0.3, -0.25) is 4.79 Å². The Kier molecular flexibility index (Phi) is 4.07. The minimum Gasteiger partial charge on any atom is -0.480 e. The third-order valence-corrected chi connectivity index (χ3v) is 1.57. The van der Waals surface area contributed by atoms with Crippen molar-refractivity contribution in [2.24, 2.45) is 11.7 Å². The summed E-state index contributed by atoms with van der Waals surface area (Å²) in [6.45, 7) is 3.74. The fourth-order valence-electron chi connectivity index (χ4n) is 0.974. The number of ether oxygens (including phenoxy) is 1. The predicted octanol–water partition coefficient (Wildman–Crippen LogP) is 0.0693. The summed E-state index contributed by atoms with van der Waals surface area (Å²) >= 11 is 0. The molecule has 11 heavy (non-hydrogen) atoms. The molecule has 0 rings (SSSR count). The molecule has 0 saturated heterocycles. The van der Waals surface area contributed by atoms with Crippen LogP contribution in [0.25, 0.3) is 0 Å². The van der Waals surface area contributed by atoms with Crippen molar-refractivity contribution in [3.05, 3.63) is 0 Å². The van der Waals surface area contributed by atoms with E-state index in [1.54, 1.807) is 0 Å². The van der Waals surface area contributed by atoms with E-state index in [9.17, 15) is 4.79 Å². The zero-order valence-corrected chi connectivity index (χ0v) is 7.07. The van der Waals surface area contributed by atoms with Crippen LogP contribution in [0.3, 0.4) is 0 Å². The molecule has 0 fully saturated rings. The molecular formula is C7H15NO3. The first-order valence-corrected chi connectivity index (χ1v) is 3.52. The van der Waals surface area contributed by atoms with Crippen molar-refractivity contribution < 1.29 is 14.6 Å². The third kappa shape index (κ3) is 2.86. The molecule has 66 valence electrons. The van der Waals surface area contributed by atoms with E-state index in [1.807, 2.05) is 13.8 Å². The maximum atomic E-state index is 10.4. The number of carboxylic acid groups (broad SMARTS) is 1. The van der Waals surface area contributed by atoms with Gasteiger partial charge in [-0.1, -0.05) is 13.8 Å². The highest BCUT2D eigenvalue weighted by molar-refractivity contribution is 5.73. The summed E-state index contributed by atoms with van der Waals surface area (Å²) in [6, 6.07) is -0.931. The smallest absolute Gasteiger partial charge is 0.323 e. The Balaban J connectivity index is 4.13. The van der Waals surface area contributed by atoms with Gasteiger partial charge in [0.2, 0.25) is 0 Å². The van der Waals surface area contributed by atoms with Crippen LogP contribution in [0.4, 0.5) is 0 Å². The summed E-state index contributed by atoms with van der Waals surface area (Å²) in [5.41, 5.74) is 5.35. The largest absolute Gasteiger partial charge is 0.480 e. The van der Waals surface area contributed by atoms with Crippen molar-refractivity contribution >= 4 is 5.97 Å². The van der Waals surface area contributed by atoms with Gasteiger partial charge in [-0.15, -0.1) is 0 Å². The highest BCUT2D eigenvalue weighted by Crippen LogP contribution is 2.08. The molecule has 0 heterocycles. The lowest BCUT2D eigenvalue weighted by Crippen LogP contribution is -2.45. The van der Waals surface area contributed by atoms with Gasteiger partial charge in [0.05, 0.1) is 6.10 Å². The number of carbonyl (C=O) groups is 1. The Bertz CT molecular complexity index is 136. The fourth-order valence-corrected chi connectivity index (χ4v) is 0.974. The summed E-state index contributed by atoms with van der Waals surface area (Å²) in [7, 11) is 1.47. The first kappa shape index (κ1) is 10.4. The van der Waals surface area contributed by atoms with E-state index in [2.05, 4.69) is 0 Å². The van der Waals surface area contributed by atoms with Gasteiger partial charge in [0.25, 0.3) is 0 Å². The lowest BCUT2D eigenvalue weighted by Gasteiger charge is -2.22. The lowest BCUT2D eigenvalue weighted by atomic mass is 10.0. The molecule has 0 aliphatic rings. The SMILES string of the molecule is CO[C@H](C(C)C)[C@@H](N)C(=O)O. The summed E-state index contributed by atoms with van der Waals surface area (Å²) in [4.78, 5) is 10.4. The number of carboxylic acids is 1. The highest BCUT2D eigenvalue weighted by Gasteiger charge is 2.26. The lowest BCUT2D eigenvalue weighted by molar-refractivity contribution is -0.142. The molecular weight excluding hydrogens is 146 g/mol. The first-order valence-electron chi connectivity index (χ1n) is 3.52. The van der Waals surface area contributed by atoms with Gasteiger partial charge < -0.3 is 15.6 Å². The van der Waals surface area contributed by atoms with Crippen LogP contribution in [0, 0.1) is 5.92 Å². The summed E-state index contributed by atoms with van der Waals surface area (Å²) in [5, 5.41) is 8.53. The fraction of sp³-hybridized carbons (Fsp3) is 0.857. The normalized spacial score (nSPS) is 16.5. The summed E-state index contributed by atoms with van der Waals surface area (Å²) in [6.07, 6.45) is -0.410. The molecule has 2 atom stereocenters. The number of aliphatic carboxylic acids is 1. The minimum atomic E-state index is -1.02. The van der Waals surface area contributed by atoms with Crippen molar-refractivity contribution in [3.8, 4) is 0 Å². The Morgan fingerprint density at radius 2 is 2.00 bits per heavy atom. The Labute approximate surface area is 66.3 Å². The van der Waals surface area contributed by atoms with E-state index in [0.29, 0.717) is 0 Å². The number of nitrogens with two attached hydrogens (primary N) is 1. The van der Waals surface area contributed by atoms with Crippen LogP contribution < -0.4 is 5.73 Å². The van der Waals surface area contributed by atoms with Gasteiger partial charge in [0.15, 0.2) is 0 Å². The molecule has 0 radical (unpaired) electrons. The summed E-state index contributed by atoms with van der Waals surface area (Å²) < 4.78 is 4.93. The van der Waals surface area contributed by atoms with E-state index in [0.717, 1.165) is 0 Å². The van der Waals surface area contributed by atoms with Crippen LogP contribution in [-0.4, -0.2) is 30.3 Å². The van der Waals surface area contributed by atoms with E-state index < -0.39 is 18.1 Å². The molecule has 0 amide bonds. The molecule has 0 aliphatic carbocycles. The number of hydrogen-bond acceptors (Lipinski definition) is 3. The maximum Gasteiger partial charge on any atom is 0.323 e. The molecule has 0 saturated carbocycles. The van der Waals surface area contributed by atoms with Gasteiger partial charge in [0, 0.05) is 7.11 Å². The Hall–Kier alpha value is -0.610. The molecule has 0 bridgehead atoms. The first-order chi connectivity index (χ1) is 5.00. The molecule has 0 unspecified atom stereocenters. The maximum absolute atomic E-state index is 10.4. The van der Waals surface area contributed by atoms with Crippen LogP contribution in [0.5, 0.6) is 0 Å². The zero-order chi connectivity index (χ0) is 9.02. The number of hydrogen-bond donors (Lipinski definition) is 2. The second kappa shape index (κ2) is 4.31. The van der Waals surface area contributed by atoms with Crippen molar-refractivity contribution in [1.82, 2.24) is 0 Å². The van der Waals surface area contributed by atoms with Crippen LogP contribution in [-0.2, 0) is 9.53 Å². The van der Waals surface area contributed by atoms with Crippen LogP contribution in [0.1, 0.15) is 13.8 Å². The molecule has 0 aromatic heterocycles. The van der Waals surface area contributed by atoms with Crippen molar-refractivity contribution in [1.29, 1.82) is 0 Å². The van der Waals surface area contributed by atoms with E-state index >= 15 is 0 Å². The molecule has 0 aromatic carbocycles. The Morgan fingerprint density at radius 3 is 2.09 bits per heavy atom. The van der Waals surface area contributed by atoms with Crippen LogP contribution in [0.15, 0.2) is 0 Å². The molecule has 0 aromatic rings. The quantitative estimate of drug-likeness (QED) is 0.612. The monoisotopic (exact) mass is 161 g/mol. The van der Waals surface area contributed by atoms with Crippen LogP contribution >= 0.6 is 0 Å². The topological polar surface area (TPSA) is 72.5 Å². The molecule has 0 spiro atoms. The van der Waals surface area contributed by atoms with Gasteiger partial charge >= 0.3 is 5.97 Å². The number of methoxy groups -OCH3 is 1. The predicted molar refractivity (Wildman–Crippen MR) is 41.2 cm³/mol. The number of rotatable bonds is 4. The molecule has 3 N–H and O–H groups in total. The van der Waals surface area contributed by atoms with E-state index in [-0.39, 0.29) is 5.92 Å². The summed E-state index contributed by atoms with van der Waals surface area (Å²) in [5.74, 6) is -0.906. The van der Waals surface area contributed by atoms with Gasteiger partial charge in [-0.25, -0.2) is 0 Å². The third-order valence-electron chi connectivity index (χ3n) is 1.57. The van der Waals surface area contributed by atoms with Gasteiger partial charge in [0.1, 0.15) is 6.04 Å². The van der Waals surface area contributed by atoms with Crippen molar-refractivity contribution in [3.63, 3.8) is 0 Å². The average molecular weight is 161 g/mol. The van der Waals surface area contributed by atoms with Gasteiger partial charge in [-0.05, 0) is 5.92 Å². The van der Waals surface area contributed by atoms with Gasteiger partial charge in [-0.2, -0.15) is 0 Å². The molecule has 4 heteroatoms. The molecule has 4 nitrogen and oxygen atoms in total. The Morgan fingerprint density at radius 1 is 1.55 bits per heavy atom. The van der Waals surface area contributed by atoms with Crippen molar-refractivity contribution in [2.75, 3.05) is 7.11 Å². The standard InChI is InChI=1S/C7H15NO3/c1-4(2)6(11-3)5(8)7(9)10/h4-6H,8H2,1-3H3,(H,9,10)/t5-,6-/m1/s1. The van der Waals surface area contributed by atoms with E-state index in [1.165, 1.54) is 7.11 Å². The average Bonchev–Trinajstić information content (AvgIpc) is 1.88. The second-order valence-corrected chi connectivity index (χ2v) is 2.81. The van der Waals surface area contributed by atoms with Crippen molar-refractivity contribution in [2.45, 2.75) is 26.0 Å². The van der Waals surface area contributed by atoms with E-state index in [4.69, 9.17) is 15.6 Å². The molecule has 0 aliphatic heterocycles. The van der Waals surface area contributed by atoms with Crippen LogP contribution in [0.2, 0.25) is 0 Å².